The number of hydrogen-bond donors (Lipinski definition) is 0. The lowest BCUT2D eigenvalue weighted by Crippen LogP contribution is -2.23. The first-order valence-electron chi connectivity index (χ1n) is 29.2. The first-order chi connectivity index (χ1) is 37.6. The molecule has 0 fully saturated rings. The molecule has 388 valence electrons. The van der Waals surface area contributed by atoms with E-state index >= 15 is 0 Å². The van der Waals surface area contributed by atoms with Gasteiger partial charge in [0.05, 0.1) is 17.1 Å². The maximum Gasteiger partial charge on any atom is 0.0708 e. The summed E-state index contributed by atoms with van der Waals surface area (Å²) in [5.74, 6) is 0. The molecule has 6 aromatic carbocycles. The normalized spacial score (nSPS) is 16.6. The predicted octanol–water partition coefficient (Wildman–Crippen LogP) is 17.7. The molecule has 0 unspecified atom stereocenters. The molecule has 3 aromatic heterocycles. The first-order valence-corrected chi connectivity index (χ1v) is 28.2. The number of pyridine rings is 3. The summed E-state index contributed by atoms with van der Waals surface area (Å²) in [6.07, 6.45) is 12.9. The van der Waals surface area contributed by atoms with Crippen molar-refractivity contribution in [3.05, 3.63) is 255 Å². The summed E-state index contributed by atoms with van der Waals surface area (Å²) in [6, 6.07) is 61.4. The van der Waals surface area contributed by atoms with Gasteiger partial charge in [-0.15, -0.1) is 0 Å². The molecule has 0 saturated carbocycles. The molecule has 3 nitrogen and oxygen atoms in total. The molecule has 27 aliphatic rings. The molecule has 21 heterocycles. The Morgan fingerprint density at radius 1 is 0.364 bits per heavy atom. The van der Waals surface area contributed by atoms with Crippen molar-refractivity contribution in [3.63, 3.8) is 0 Å². The lowest BCUT2D eigenvalue weighted by molar-refractivity contribution is 0.411. The number of aryl methyl sites for hydroxylation is 6. The minimum Gasteiger partial charge on any atom is -0.256 e. The van der Waals surface area contributed by atoms with Crippen LogP contribution in [-0.2, 0) is 80.4 Å². The highest BCUT2D eigenvalue weighted by atomic mass is 14.7. The summed E-state index contributed by atoms with van der Waals surface area (Å²) in [5.41, 5.74) is 23.7. The van der Waals surface area contributed by atoms with Crippen LogP contribution in [-0.4, -0.2) is 15.0 Å². The second-order valence-corrected chi connectivity index (χ2v) is 25.5. The van der Waals surface area contributed by atoms with Crippen LogP contribution in [0.4, 0.5) is 0 Å². The zero-order valence-electron chi connectivity index (χ0n) is 49.0. The van der Waals surface area contributed by atoms with Crippen LogP contribution in [0.25, 0.3) is 44.9 Å². The monoisotopic (exact) mass is 1010 g/mol. The smallest absolute Gasteiger partial charge is 0.0708 e. The van der Waals surface area contributed by atoms with Crippen molar-refractivity contribution in [1.82, 2.24) is 15.0 Å². The van der Waals surface area contributed by atoms with Gasteiger partial charge in [0.15, 0.2) is 0 Å². The van der Waals surface area contributed by atoms with E-state index in [1.807, 2.05) is 32.9 Å². The second kappa shape index (κ2) is 21.0. The fourth-order valence-corrected chi connectivity index (χ4v) is 12.1. The molecule has 18 bridgehead atoms. The molecule has 0 saturated heterocycles. The van der Waals surface area contributed by atoms with E-state index in [0.29, 0.717) is 5.56 Å². The van der Waals surface area contributed by atoms with E-state index in [2.05, 4.69) is 212 Å². The lowest BCUT2D eigenvalue weighted by atomic mass is 9.77. The third-order valence-electron chi connectivity index (χ3n) is 16.5. The van der Waals surface area contributed by atoms with Crippen LogP contribution in [0.3, 0.4) is 0 Å². The van der Waals surface area contributed by atoms with Gasteiger partial charge < -0.3 is 0 Å². The van der Waals surface area contributed by atoms with Gasteiger partial charge in [-0.05, 0) is 187 Å². The Hall–Kier alpha value is -7.23. The standard InChI is InChI=1S/C74H77N3/c1-71(2,3)43-52-18-21-59(22-19-52)67-42-70-62-28-30-64(31-29-62)72(4,5)44-56-37-53-12-10-50-14-23-60(24-15-50)68-34-32-65(48-76-68)73(6,7)45-57-39-55(20-27-63(67)47-75-70)40-58(41-57)46-74(8,9)66-33-35-69(77-49-66)61-25-16-51(17-26-61)11-13-54(36-53)38-56/h14-19,21-26,28-42,47-49H,10-13,20,27,43-46H2,1-9H3/i43D2. The van der Waals surface area contributed by atoms with E-state index in [0.717, 1.165) is 103 Å². The Morgan fingerprint density at radius 2 is 0.727 bits per heavy atom. The fraction of sp³-hybridized carbons (Fsp3) is 0.311. The molecule has 0 amide bonds. The maximum absolute atomic E-state index is 9.08. The van der Waals surface area contributed by atoms with Gasteiger partial charge in [0.2, 0.25) is 0 Å². The average Bonchev–Trinajstić information content (AvgIpc) is 3.44. The molecule has 3 heteroatoms. The van der Waals surface area contributed by atoms with Crippen molar-refractivity contribution < 1.29 is 2.74 Å². The quantitative estimate of drug-likeness (QED) is 0.173. The van der Waals surface area contributed by atoms with Crippen molar-refractivity contribution in [1.29, 1.82) is 0 Å². The van der Waals surface area contributed by atoms with Crippen LogP contribution in [0.2, 0.25) is 0 Å². The third kappa shape index (κ3) is 12.2. The van der Waals surface area contributed by atoms with Crippen LogP contribution in [0.15, 0.2) is 182 Å². The first kappa shape index (κ1) is 49.3. The molecule has 9 aromatic rings. The van der Waals surface area contributed by atoms with E-state index in [1.54, 1.807) is 0 Å². The molecule has 77 heavy (non-hydrogen) atoms. The van der Waals surface area contributed by atoms with Crippen molar-refractivity contribution >= 4 is 0 Å². The van der Waals surface area contributed by atoms with Crippen LogP contribution < -0.4 is 0 Å². The Balaban J connectivity index is 1.06. The Labute approximate surface area is 463 Å². The molecule has 0 spiro atoms. The SMILES string of the molecule is [2H]C([2H])(c1ccc(-c2cc3ncc2CCc2cc4cc(c2)CC(C)(C)c2ccc(nc2)-c2ccc(cc2)CCc2cc(cc(c2)CC(C)(C)c2ccc-3cc2)CCc2ccc(cc2)-c2ccc(cn2)C(C)(C)C4)cc1)C(C)(C)C. The molecule has 0 radical (unpaired) electrons. The Bertz CT molecular complexity index is 3470. The van der Waals surface area contributed by atoms with Crippen molar-refractivity contribution in [3.8, 4) is 44.9 Å². The van der Waals surface area contributed by atoms with Gasteiger partial charge in [-0.25, -0.2) is 0 Å². The van der Waals surface area contributed by atoms with E-state index in [1.165, 1.54) is 66.8 Å². The molecular formula is C74H77N3. The number of aromatic nitrogens is 3. The highest BCUT2D eigenvalue weighted by molar-refractivity contribution is 5.74. The van der Waals surface area contributed by atoms with Crippen LogP contribution >= 0.6 is 0 Å². The third-order valence-corrected chi connectivity index (χ3v) is 16.5. The minimum absolute atomic E-state index is 0.135. The van der Waals surface area contributed by atoms with Gasteiger partial charge in [-0.2, -0.15) is 0 Å². The molecule has 18 aliphatic heterocycles. The van der Waals surface area contributed by atoms with Crippen LogP contribution in [0, 0.1) is 5.41 Å². The average molecular weight is 1010 g/mol. The summed E-state index contributed by atoms with van der Waals surface area (Å²) >= 11 is 0. The number of nitrogens with zero attached hydrogens (tertiary/aromatic N) is 3. The largest absolute Gasteiger partial charge is 0.256 e. The molecule has 0 N–H and O–H groups in total. The molecule has 36 rings (SSSR count). The summed E-state index contributed by atoms with van der Waals surface area (Å²) in [4.78, 5) is 15.4. The fourth-order valence-electron chi connectivity index (χ4n) is 12.1. The lowest BCUT2D eigenvalue weighted by Gasteiger charge is -2.28. The Morgan fingerprint density at radius 3 is 1.18 bits per heavy atom. The highest BCUT2D eigenvalue weighted by Gasteiger charge is 2.27. The van der Waals surface area contributed by atoms with Crippen LogP contribution in [0.5, 0.6) is 0 Å². The number of rotatable bonds is 2. The Kier molecular flexibility index (Phi) is 13.4. The second-order valence-electron chi connectivity index (χ2n) is 25.5. The zero-order valence-corrected chi connectivity index (χ0v) is 47.0. The highest BCUT2D eigenvalue weighted by Crippen LogP contribution is 2.37. The van der Waals surface area contributed by atoms with Crippen molar-refractivity contribution in [2.24, 2.45) is 5.41 Å². The van der Waals surface area contributed by atoms with E-state index in [-0.39, 0.29) is 16.2 Å². The number of benzene rings is 6. The van der Waals surface area contributed by atoms with Crippen LogP contribution in [0.1, 0.15) is 137 Å². The number of hydrogen-bond acceptors (Lipinski definition) is 3. The van der Waals surface area contributed by atoms with E-state index < -0.39 is 11.8 Å². The minimum atomic E-state index is -1.50. The predicted molar refractivity (Wildman–Crippen MR) is 323 cm³/mol. The van der Waals surface area contributed by atoms with Crippen molar-refractivity contribution in [2.45, 2.75) is 143 Å². The summed E-state index contributed by atoms with van der Waals surface area (Å²) in [6.45, 7) is 20.1. The maximum atomic E-state index is 9.08. The van der Waals surface area contributed by atoms with E-state index in [9.17, 15) is 0 Å². The van der Waals surface area contributed by atoms with E-state index in [4.69, 9.17) is 17.7 Å². The van der Waals surface area contributed by atoms with Gasteiger partial charge in [-0.3, -0.25) is 15.0 Å². The van der Waals surface area contributed by atoms with Crippen molar-refractivity contribution in [2.75, 3.05) is 0 Å². The zero-order chi connectivity index (χ0) is 55.3. The van der Waals surface area contributed by atoms with Gasteiger partial charge in [0, 0.05) is 38.0 Å². The molecule has 9 aliphatic carbocycles. The van der Waals surface area contributed by atoms with Gasteiger partial charge in [-0.1, -0.05) is 208 Å². The summed E-state index contributed by atoms with van der Waals surface area (Å²) in [5, 5.41) is 0. The summed E-state index contributed by atoms with van der Waals surface area (Å²) in [7, 11) is 0. The molecular weight excluding hydrogens is 931 g/mol. The summed E-state index contributed by atoms with van der Waals surface area (Å²) < 4.78 is 18.2. The van der Waals surface area contributed by atoms with Gasteiger partial charge in [0.25, 0.3) is 0 Å². The van der Waals surface area contributed by atoms with Gasteiger partial charge >= 0.3 is 0 Å². The van der Waals surface area contributed by atoms with Gasteiger partial charge in [0.1, 0.15) is 0 Å². The topological polar surface area (TPSA) is 38.7 Å². The molecule has 0 atom stereocenters.